The summed E-state index contributed by atoms with van der Waals surface area (Å²) >= 11 is 0. The van der Waals surface area contributed by atoms with Crippen LogP contribution >= 0.6 is 0 Å². The molecule has 0 atom stereocenters. The number of rotatable bonds is 5. The van der Waals surface area contributed by atoms with E-state index in [0.29, 0.717) is 11.5 Å². The largest absolute Gasteiger partial charge is 0.508 e. The van der Waals surface area contributed by atoms with Crippen LogP contribution in [0.4, 0.5) is 5.95 Å². The van der Waals surface area contributed by atoms with Crippen molar-refractivity contribution in [2.45, 2.75) is 6.54 Å². The summed E-state index contributed by atoms with van der Waals surface area (Å²) in [5.74, 6) is 0.439. The highest BCUT2D eigenvalue weighted by Crippen LogP contribution is 2.13. The minimum atomic E-state index is -0.463. The van der Waals surface area contributed by atoms with Crippen LogP contribution in [0.15, 0.2) is 51.6 Å². The fourth-order valence-electron chi connectivity index (χ4n) is 2.60. The van der Waals surface area contributed by atoms with Crippen molar-refractivity contribution in [3.63, 3.8) is 0 Å². The van der Waals surface area contributed by atoms with E-state index in [0.717, 1.165) is 4.57 Å². The van der Waals surface area contributed by atoms with Crippen molar-refractivity contribution in [1.29, 1.82) is 0 Å². The van der Waals surface area contributed by atoms with Gasteiger partial charge in [-0.1, -0.05) is 18.2 Å². The molecule has 2 heterocycles. The molecule has 0 radical (unpaired) electrons. The Bertz CT molecular complexity index is 1140. The van der Waals surface area contributed by atoms with Crippen LogP contribution in [0, 0.1) is 0 Å². The number of hydrogen-bond acceptors (Lipinski definition) is 6. The highest BCUT2D eigenvalue weighted by Gasteiger charge is 2.17. The molecule has 0 saturated carbocycles. The van der Waals surface area contributed by atoms with E-state index in [4.69, 9.17) is 0 Å². The molecule has 0 fully saturated rings. The molecule has 3 rings (SSSR count). The molecule has 0 amide bonds. The molecular weight excluding hydrogens is 336 g/mol. The number of hydrazone groups is 1. The van der Waals surface area contributed by atoms with Gasteiger partial charge in [0.1, 0.15) is 5.75 Å². The van der Waals surface area contributed by atoms with Gasteiger partial charge in [0.2, 0.25) is 5.95 Å². The summed E-state index contributed by atoms with van der Waals surface area (Å²) in [6.45, 7) is 3.69. The maximum Gasteiger partial charge on any atom is 0.332 e. The number of phenols is 1. The predicted octanol–water partition coefficient (Wildman–Crippen LogP) is 0.771. The number of benzene rings is 1. The van der Waals surface area contributed by atoms with Crippen LogP contribution in [0.25, 0.3) is 11.2 Å². The normalized spacial score (nSPS) is 11.3. The molecule has 0 spiro atoms. The highest BCUT2D eigenvalue weighted by molar-refractivity contribution is 5.81. The number of aryl methyl sites for hydroxylation is 2. The minimum absolute atomic E-state index is 0.116. The van der Waals surface area contributed by atoms with Gasteiger partial charge in [0.05, 0.1) is 6.21 Å². The molecule has 0 aliphatic rings. The van der Waals surface area contributed by atoms with E-state index in [1.807, 2.05) is 0 Å². The van der Waals surface area contributed by atoms with E-state index in [9.17, 15) is 14.7 Å². The lowest BCUT2D eigenvalue weighted by Gasteiger charge is -2.06. The monoisotopic (exact) mass is 354 g/mol. The van der Waals surface area contributed by atoms with Crippen molar-refractivity contribution in [3.05, 3.63) is 63.3 Å². The standard InChI is InChI=1S/C17H18N6O3/c1-4-8-23-15(25)13-14(22(3)17(23)26)19-16(21(13)2)20-18-10-11-6-5-7-12(24)9-11/h4-7,9-10,24H,1,8H2,2-3H3,(H,19,20)/b18-10+. The number of hydrogen-bond donors (Lipinski definition) is 2. The number of phenolic OH excluding ortho intramolecular Hbond substituents is 1. The van der Waals surface area contributed by atoms with E-state index < -0.39 is 11.2 Å². The zero-order valence-corrected chi connectivity index (χ0v) is 14.4. The number of imidazole rings is 1. The molecule has 9 nitrogen and oxygen atoms in total. The van der Waals surface area contributed by atoms with Gasteiger partial charge in [-0.05, 0) is 17.7 Å². The second-order valence-electron chi connectivity index (χ2n) is 5.68. The first kappa shape index (κ1) is 17.2. The molecule has 0 unspecified atom stereocenters. The average molecular weight is 354 g/mol. The number of fused-ring (bicyclic) bond motifs is 1. The van der Waals surface area contributed by atoms with Gasteiger partial charge in [-0.25, -0.2) is 10.2 Å². The van der Waals surface area contributed by atoms with Gasteiger partial charge < -0.3 is 9.67 Å². The Balaban J connectivity index is 2.03. The summed E-state index contributed by atoms with van der Waals surface area (Å²) in [6.07, 6.45) is 3.00. The molecule has 2 aromatic heterocycles. The Morgan fingerprint density at radius 3 is 2.77 bits per heavy atom. The molecule has 0 aliphatic carbocycles. The molecular formula is C17H18N6O3. The molecule has 1 aromatic carbocycles. The zero-order chi connectivity index (χ0) is 18.8. The summed E-state index contributed by atoms with van der Waals surface area (Å²) in [5, 5.41) is 13.5. The number of allylic oxidation sites excluding steroid dienone is 1. The third-order valence-corrected chi connectivity index (χ3v) is 3.92. The van der Waals surface area contributed by atoms with Gasteiger partial charge >= 0.3 is 5.69 Å². The molecule has 0 bridgehead atoms. The zero-order valence-electron chi connectivity index (χ0n) is 14.4. The smallest absolute Gasteiger partial charge is 0.332 e. The van der Waals surface area contributed by atoms with Crippen LogP contribution in [-0.2, 0) is 20.6 Å². The van der Waals surface area contributed by atoms with Crippen LogP contribution in [0.1, 0.15) is 5.56 Å². The van der Waals surface area contributed by atoms with Crippen molar-refractivity contribution in [2.75, 3.05) is 5.43 Å². The summed E-state index contributed by atoms with van der Waals surface area (Å²) < 4.78 is 3.94. The number of anilines is 1. The fourth-order valence-corrected chi connectivity index (χ4v) is 2.60. The Morgan fingerprint density at radius 1 is 1.31 bits per heavy atom. The number of aromatic nitrogens is 4. The van der Waals surface area contributed by atoms with Crippen molar-refractivity contribution in [3.8, 4) is 5.75 Å². The van der Waals surface area contributed by atoms with E-state index >= 15 is 0 Å². The van der Waals surface area contributed by atoms with Gasteiger partial charge in [0.15, 0.2) is 11.2 Å². The van der Waals surface area contributed by atoms with E-state index in [1.165, 1.54) is 21.4 Å². The minimum Gasteiger partial charge on any atom is -0.508 e. The number of nitrogens with one attached hydrogen (secondary N) is 1. The fraction of sp³-hybridized carbons (Fsp3) is 0.176. The molecule has 26 heavy (non-hydrogen) atoms. The van der Waals surface area contributed by atoms with Gasteiger partial charge in [-0.3, -0.25) is 13.9 Å². The first-order chi connectivity index (χ1) is 12.4. The first-order valence-corrected chi connectivity index (χ1v) is 7.79. The molecule has 134 valence electrons. The van der Waals surface area contributed by atoms with Crippen molar-refractivity contribution in [1.82, 2.24) is 18.7 Å². The second-order valence-corrected chi connectivity index (χ2v) is 5.68. The number of aromatic hydroxyl groups is 1. The highest BCUT2D eigenvalue weighted by atomic mass is 16.3. The maximum absolute atomic E-state index is 12.6. The SMILES string of the molecule is C=CCn1c(=O)c2c(nc(N/N=C/c3cccc(O)c3)n2C)n(C)c1=O. The lowest BCUT2D eigenvalue weighted by atomic mass is 10.2. The van der Waals surface area contributed by atoms with Gasteiger partial charge in [-0.15, -0.1) is 6.58 Å². The van der Waals surface area contributed by atoms with Crippen LogP contribution in [-0.4, -0.2) is 30.0 Å². The molecule has 3 aromatic rings. The third kappa shape index (κ3) is 2.90. The maximum atomic E-state index is 12.6. The van der Waals surface area contributed by atoms with Crippen LogP contribution in [0.3, 0.4) is 0 Å². The quantitative estimate of drug-likeness (QED) is 0.400. The van der Waals surface area contributed by atoms with Crippen molar-refractivity contribution in [2.24, 2.45) is 19.2 Å². The van der Waals surface area contributed by atoms with Crippen LogP contribution < -0.4 is 16.7 Å². The summed E-state index contributed by atoms with van der Waals surface area (Å²) in [5.41, 5.74) is 3.08. The summed E-state index contributed by atoms with van der Waals surface area (Å²) in [7, 11) is 3.21. The molecule has 0 saturated heterocycles. The summed E-state index contributed by atoms with van der Waals surface area (Å²) in [6, 6.07) is 6.59. The topological polar surface area (TPSA) is 106 Å². The second kappa shape index (κ2) is 6.71. The van der Waals surface area contributed by atoms with E-state index in [2.05, 4.69) is 22.1 Å². The van der Waals surface area contributed by atoms with Gasteiger partial charge in [0, 0.05) is 20.6 Å². The first-order valence-electron chi connectivity index (χ1n) is 7.79. The molecule has 9 heteroatoms. The van der Waals surface area contributed by atoms with Gasteiger partial charge in [-0.2, -0.15) is 10.1 Å². The molecule has 0 aliphatic heterocycles. The number of nitrogens with zero attached hydrogens (tertiary/aromatic N) is 5. The van der Waals surface area contributed by atoms with Crippen LogP contribution in [0.2, 0.25) is 0 Å². The molecule has 2 N–H and O–H groups in total. The Kier molecular flexibility index (Phi) is 4.44. The third-order valence-electron chi connectivity index (χ3n) is 3.92. The Morgan fingerprint density at radius 2 is 2.08 bits per heavy atom. The van der Waals surface area contributed by atoms with Crippen molar-refractivity contribution < 1.29 is 5.11 Å². The Labute approximate surface area is 148 Å². The van der Waals surface area contributed by atoms with E-state index in [-0.39, 0.29) is 23.5 Å². The Hall–Kier alpha value is -3.62. The van der Waals surface area contributed by atoms with Gasteiger partial charge in [0.25, 0.3) is 5.56 Å². The van der Waals surface area contributed by atoms with E-state index in [1.54, 1.807) is 38.4 Å². The average Bonchev–Trinajstić information content (AvgIpc) is 2.94. The summed E-state index contributed by atoms with van der Waals surface area (Å²) in [4.78, 5) is 29.2. The lowest BCUT2D eigenvalue weighted by molar-refractivity contribution is 0.475. The predicted molar refractivity (Wildman–Crippen MR) is 99.7 cm³/mol. The lowest BCUT2D eigenvalue weighted by Crippen LogP contribution is -2.39. The van der Waals surface area contributed by atoms with Crippen LogP contribution in [0.5, 0.6) is 5.75 Å². The van der Waals surface area contributed by atoms with Crippen molar-refractivity contribution >= 4 is 23.3 Å².